The monoisotopic (exact) mass is 482 g/mol. The summed E-state index contributed by atoms with van der Waals surface area (Å²) in [5.74, 6) is -0.0769. The van der Waals surface area contributed by atoms with Crippen LogP contribution in [0.3, 0.4) is 0 Å². The molecule has 35 heavy (non-hydrogen) atoms. The Balaban J connectivity index is 1.47. The highest BCUT2D eigenvalue weighted by Crippen LogP contribution is 2.45. The lowest BCUT2D eigenvalue weighted by molar-refractivity contribution is -0.141. The number of nitrogens with zero attached hydrogens (tertiary/aromatic N) is 2. The van der Waals surface area contributed by atoms with Crippen molar-refractivity contribution in [3.8, 4) is 5.75 Å². The Morgan fingerprint density at radius 1 is 1.11 bits per heavy atom. The van der Waals surface area contributed by atoms with Crippen LogP contribution in [0.15, 0.2) is 48.5 Å². The molecular formula is C25H30N4O6. The van der Waals surface area contributed by atoms with E-state index in [9.17, 15) is 14.4 Å². The van der Waals surface area contributed by atoms with Gasteiger partial charge in [0.1, 0.15) is 36.6 Å². The molecule has 2 heterocycles. The lowest BCUT2D eigenvalue weighted by atomic mass is 9.90. The minimum atomic E-state index is -0.887. The number of fused-ring (bicyclic) bond motifs is 4. The molecule has 2 aliphatic heterocycles. The number of hydrogen-bond acceptors (Lipinski definition) is 6. The number of primary amides is 1. The van der Waals surface area contributed by atoms with E-state index < -0.39 is 35.7 Å². The maximum absolute atomic E-state index is 13.1. The molecule has 186 valence electrons. The summed E-state index contributed by atoms with van der Waals surface area (Å²) < 4.78 is 11.0. The van der Waals surface area contributed by atoms with Crippen molar-refractivity contribution in [2.24, 2.45) is 5.73 Å². The maximum Gasteiger partial charge on any atom is 0.407 e. The van der Waals surface area contributed by atoms with E-state index in [1.54, 1.807) is 39.0 Å². The molecule has 2 aliphatic rings. The molecule has 0 spiro atoms. The molecule has 0 saturated carbocycles. The van der Waals surface area contributed by atoms with Crippen LogP contribution in [0.4, 0.5) is 9.59 Å². The quantitative estimate of drug-likeness (QED) is 0.558. The summed E-state index contributed by atoms with van der Waals surface area (Å²) in [4.78, 5) is 44.5. The van der Waals surface area contributed by atoms with Crippen molar-refractivity contribution in [3.05, 3.63) is 65.2 Å². The number of alkyl carbamates (subject to hydrolysis) is 1. The van der Waals surface area contributed by atoms with E-state index in [-0.39, 0.29) is 26.3 Å². The van der Waals surface area contributed by atoms with Gasteiger partial charge < -0.3 is 25.4 Å². The number of urea groups is 1. The number of rotatable bonds is 8. The second-order valence-corrected chi connectivity index (χ2v) is 9.41. The molecule has 10 heteroatoms. The van der Waals surface area contributed by atoms with Gasteiger partial charge in [0.15, 0.2) is 0 Å². The third-order valence-electron chi connectivity index (χ3n) is 5.63. The van der Waals surface area contributed by atoms with Crippen LogP contribution in [-0.4, -0.2) is 53.3 Å². The first-order chi connectivity index (χ1) is 16.6. The Morgan fingerprint density at radius 2 is 1.86 bits per heavy atom. The SMILES string of the molecule is CC(C)(C)OC(=O)NCCOc1ccc2c(c1)[C@H]1CN(C(=O)N1OCc1ccccc1)C2C(N)=O. The van der Waals surface area contributed by atoms with Gasteiger partial charge >= 0.3 is 12.1 Å². The molecule has 0 aromatic heterocycles. The van der Waals surface area contributed by atoms with Crippen molar-refractivity contribution in [2.75, 3.05) is 19.7 Å². The highest BCUT2D eigenvalue weighted by Gasteiger charge is 2.50. The van der Waals surface area contributed by atoms with E-state index in [0.29, 0.717) is 11.3 Å². The first-order valence-corrected chi connectivity index (χ1v) is 11.4. The fraction of sp³-hybridized carbons (Fsp3) is 0.400. The van der Waals surface area contributed by atoms with E-state index in [4.69, 9.17) is 20.0 Å². The lowest BCUT2D eigenvalue weighted by Crippen LogP contribution is -2.41. The van der Waals surface area contributed by atoms with E-state index in [1.165, 1.54) is 9.96 Å². The minimum Gasteiger partial charge on any atom is -0.492 e. The van der Waals surface area contributed by atoms with Crippen molar-refractivity contribution in [3.63, 3.8) is 0 Å². The number of nitrogens with one attached hydrogen (secondary N) is 1. The summed E-state index contributed by atoms with van der Waals surface area (Å²) in [5, 5.41) is 3.95. The Morgan fingerprint density at radius 3 is 2.54 bits per heavy atom. The molecule has 1 saturated heterocycles. The number of carbonyl (C=O) groups is 3. The van der Waals surface area contributed by atoms with E-state index in [0.717, 1.165) is 11.1 Å². The second kappa shape index (κ2) is 9.83. The van der Waals surface area contributed by atoms with Crippen molar-refractivity contribution in [2.45, 2.75) is 45.1 Å². The van der Waals surface area contributed by atoms with E-state index in [1.807, 2.05) is 30.3 Å². The van der Waals surface area contributed by atoms with Gasteiger partial charge in [-0.3, -0.25) is 9.63 Å². The highest BCUT2D eigenvalue weighted by atomic mass is 16.7. The first kappa shape index (κ1) is 24.3. The van der Waals surface area contributed by atoms with E-state index in [2.05, 4.69) is 5.32 Å². The fourth-order valence-corrected chi connectivity index (χ4v) is 4.19. The Kier molecular flexibility index (Phi) is 6.83. The summed E-state index contributed by atoms with van der Waals surface area (Å²) in [6.45, 7) is 6.31. The Bertz CT molecular complexity index is 1100. The molecular weight excluding hydrogens is 452 g/mol. The molecule has 4 rings (SSSR count). The zero-order valence-electron chi connectivity index (χ0n) is 20.0. The van der Waals surface area contributed by atoms with Gasteiger partial charge in [0.05, 0.1) is 13.1 Å². The third kappa shape index (κ3) is 5.48. The van der Waals surface area contributed by atoms with Crippen LogP contribution >= 0.6 is 0 Å². The molecule has 1 fully saturated rings. The number of ether oxygens (including phenoxy) is 2. The predicted molar refractivity (Wildman–Crippen MR) is 126 cm³/mol. The second-order valence-electron chi connectivity index (χ2n) is 9.41. The number of hydroxylamine groups is 2. The topological polar surface area (TPSA) is 123 Å². The average Bonchev–Trinajstić information content (AvgIpc) is 3.07. The molecule has 0 radical (unpaired) electrons. The number of benzene rings is 2. The van der Waals surface area contributed by atoms with Gasteiger partial charge in [0.2, 0.25) is 5.91 Å². The van der Waals surface area contributed by atoms with Gasteiger partial charge in [0, 0.05) is 0 Å². The zero-order valence-corrected chi connectivity index (χ0v) is 20.0. The molecule has 0 aliphatic carbocycles. The van der Waals surface area contributed by atoms with Crippen LogP contribution in [0.1, 0.15) is 49.5 Å². The lowest BCUT2D eigenvalue weighted by Gasteiger charge is -2.31. The van der Waals surface area contributed by atoms with Crippen LogP contribution in [0.2, 0.25) is 0 Å². The number of nitrogens with two attached hydrogens (primary N) is 1. The molecule has 1 unspecified atom stereocenters. The van der Waals surface area contributed by atoms with Gasteiger partial charge in [-0.25, -0.2) is 9.59 Å². The fourth-order valence-electron chi connectivity index (χ4n) is 4.19. The normalized spacial score (nSPS) is 18.8. The van der Waals surface area contributed by atoms with Gasteiger partial charge in [-0.15, -0.1) is 0 Å². The first-order valence-electron chi connectivity index (χ1n) is 11.4. The summed E-state index contributed by atoms with van der Waals surface area (Å²) in [6, 6.07) is 13.0. The van der Waals surface area contributed by atoms with Crippen LogP contribution in [-0.2, 0) is 21.0 Å². The number of hydrogen-bond donors (Lipinski definition) is 2. The van der Waals surface area contributed by atoms with Crippen LogP contribution in [0, 0.1) is 0 Å². The molecule has 10 nitrogen and oxygen atoms in total. The Labute approximate surface area is 203 Å². The molecule has 3 N–H and O–H groups in total. The summed E-state index contributed by atoms with van der Waals surface area (Å²) in [7, 11) is 0. The standard InChI is InChI=1S/C25H30N4O6/c1-25(2,3)35-23(31)27-11-12-33-17-9-10-18-19(13-17)20-14-28(21(18)22(26)30)24(32)29(20)34-15-16-7-5-4-6-8-16/h4-10,13,20-21H,11-12,14-15H2,1-3H3,(H2,26,30)(H,27,31)/t20-,21?/m1/s1. The molecule has 2 bridgehead atoms. The van der Waals surface area contributed by atoms with Crippen LogP contribution in [0.5, 0.6) is 5.75 Å². The largest absolute Gasteiger partial charge is 0.492 e. The summed E-state index contributed by atoms with van der Waals surface area (Å²) in [6.07, 6.45) is -0.522. The molecule has 2 aromatic carbocycles. The van der Waals surface area contributed by atoms with Crippen molar-refractivity contribution >= 4 is 18.0 Å². The van der Waals surface area contributed by atoms with Crippen molar-refractivity contribution < 1.29 is 28.7 Å². The molecule has 4 amide bonds. The summed E-state index contributed by atoms with van der Waals surface area (Å²) >= 11 is 0. The number of amides is 4. The highest BCUT2D eigenvalue weighted by molar-refractivity contribution is 5.90. The molecule has 2 atom stereocenters. The number of carbonyl (C=O) groups excluding carboxylic acids is 3. The predicted octanol–water partition coefficient (Wildman–Crippen LogP) is 3.04. The zero-order chi connectivity index (χ0) is 25.2. The molecule has 2 aromatic rings. The van der Waals surface area contributed by atoms with Gasteiger partial charge in [-0.2, -0.15) is 5.06 Å². The van der Waals surface area contributed by atoms with Gasteiger partial charge in [-0.1, -0.05) is 36.4 Å². The smallest absolute Gasteiger partial charge is 0.407 e. The van der Waals surface area contributed by atoms with E-state index >= 15 is 0 Å². The van der Waals surface area contributed by atoms with Crippen molar-refractivity contribution in [1.82, 2.24) is 15.3 Å². The minimum absolute atomic E-state index is 0.208. The summed E-state index contributed by atoms with van der Waals surface area (Å²) in [5.41, 5.74) is 7.39. The average molecular weight is 483 g/mol. The van der Waals surface area contributed by atoms with Gasteiger partial charge in [-0.05, 0) is 49.6 Å². The van der Waals surface area contributed by atoms with Crippen LogP contribution in [0.25, 0.3) is 0 Å². The third-order valence-corrected chi connectivity index (χ3v) is 5.63. The van der Waals surface area contributed by atoms with Crippen molar-refractivity contribution in [1.29, 1.82) is 0 Å². The maximum atomic E-state index is 13.1. The Hall–Kier alpha value is -3.79. The van der Waals surface area contributed by atoms with Gasteiger partial charge in [0.25, 0.3) is 0 Å². The van der Waals surface area contributed by atoms with Crippen LogP contribution < -0.4 is 15.8 Å².